The lowest BCUT2D eigenvalue weighted by Crippen LogP contribution is -1.92. The highest BCUT2D eigenvalue weighted by Gasteiger charge is 2.19. The van der Waals surface area contributed by atoms with E-state index in [0.29, 0.717) is 17.0 Å². The zero-order valence-electron chi connectivity index (χ0n) is 17.2. The maximum atomic E-state index is 13.4. The first-order valence-electron chi connectivity index (χ1n) is 9.90. The van der Waals surface area contributed by atoms with Gasteiger partial charge in [0.05, 0.1) is 16.9 Å². The van der Waals surface area contributed by atoms with Crippen LogP contribution in [0.15, 0.2) is 73.9 Å². The molecule has 0 atom stereocenters. The predicted octanol–water partition coefficient (Wildman–Crippen LogP) is 4.87. The van der Waals surface area contributed by atoms with E-state index in [0.717, 1.165) is 39.3 Å². The number of benzene rings is 1. The fraction of sp³-hybridized carbons (Fsp3) is 0.0417. The number of aromatic amines is 2. The van der Waals surface area contributed by atoms with Gasteiger partial charge in [-0.05, 0) is 36.8 Å². The molecule has 2 N–H and O–H groups in total. The number of H-pyrrole nitrogens is 2. The smallest absolute Gasteiger partial charge is 0.161 e. The van der Waals surface area contributed by atoms with Crippen molar-refractivity contribution in [3.05, 3.63) is 96.6 Å². The number of pyridine rings is 1. The summed E-state index contributed by atoms with van der Waals surface area (Å²) in [6.07, 6.45) is 8.45. The molecular formula is C24H18FN7. The molecule has 7 nitrogen and oxygen atoms in total. The monoisotopic (exact) mass is 423 g/mol. The molecular weight excluding hydrogens is 405 g/mol. The fourth-order valence-electron chi connectivity index (χ4n) is 3.55. The number of nitrogens with zero attached hydrogens (tertiary/aromatic N) is 5. The third-order valence-corrected chi connectivity index (χ3v) is 5.07. The highest BCUT2D eigenvalue weighted by Crippen LogP contribution is 2.30. The first-order chi connectivity index (χ1) is 15.6. The first-order valence-corrected chi connectivity index (χ1v) is 9.90. The lowest BCUT2D eigenvalue weighted by Gasteiger charge is -2.05. The van der Waals surface area contributed by atoms with E-state index in [1.165, 1.54) is 18.5 Å². The van der Waals surface area contributed by atoms with Crippen molar-refractivity contribution < 1.29 is 4.39 Å². The second-order valence-corrected chi connectivity index (χ2v) is 7.17. The van der Waals surface area contributed by atoms with Crippen LogP contribution in [0.25, 0.3) is 39.4 Å². The van der Waals surface area contributed by atoms with Gasteiger partial charge >= 0.3 is 0 Å². The van der Waals surface area contributed by atoms with Gasteiger partial charge in [0.1, 0.15) is 17.7 Å². The number of aryl methyl sites for hydroxylation is 1. The molecule has 0 aliphatic heterocycles. The average molecular weight is 423 g/mol. The minimum Gasteiger partial charge on any atom is -0.340 e. The van der Waals surface area contributed by atoms with Crippen LogP contribution in [0.5, 0.6) is 0 Å². The van der Waals surface area contributed by atoms with Crippen LogP contribution in [-0.2, 0) is 0 Å². The minimum absolute atomic E-state index is 0.292. The van der Waals surface area contributed by atoms with E-state index in [9.17, 15) is 4.39 Å². The Bertz CT molecular complexity index is 1450. The molecule has 32 heavy (non-hydrogen) atoms. The molecule has 0 fully saturated rings. The second kappa shape index (κ2) is 7.99. The first kappa shape index (κ1) is 19.5. The van der Waals surface area contributed by atoms with Crippen molar-refractivity contribution in [2.75, 3.05) is 0 Å². The standard InChI is InChI=1S/C24H18FN7/c1-3-4-18(15-5-7-17(25)8-6-15)21-14(2)28-24(30-21)23-22-20(31-32-23)10-9-19(29-22)16-11-26-13-27-12-16/h3-13H,1H2,2H3,(H,28,30)(H,31,32)/b18-4-. The Balaban J connectivity index is 1.61. The van der Waals surface area contributed by atoms with Crippen molar-refractivity contribution >= 4 is 16.6 Å². The number of aromatic nitrogens is 7. The maximum absolute atomic E-state index is 13.4. The van der Waals surface area contributed by atoms with Crippen LogP contribution in [0.3, 0.4) is 0 Å². The number of nitrogens with one attached hydrogen (secondary N) is 2. The molecule has 0 saturated heterocycles. The average Bonchev–Trinajstić information content (AvgIpc) is 3.41. The van der Waals surface area contributed by atoms with Gasteiger partial charge in [-0.2, -0.15) is 5.10 Å². The van der Waals surface area contributed by atoms with Crippen LogP contribution in [0, 0.1) is 12.7 Å². The molecule has 8 heteroatoms. The van der Waals surface area contributed by atoms with Crippen molar-refractivity contribution in [2.24, 2.45) is 0 Å². The number of hydrogen-bond donors (Lipinski definition) is 2. The maximum Gasteiger partial charge on any atom is 0.161 e. The molecule has 0 bridgehead atoms. The van der Waals surface area contributed by atoms with Crippen molar-refractivity contribution in [2.45, 2.75) is 6.92 Å². The molecule has 0 aliphatic carbocycles. The lowest BCUT2D eigenvalue weighted by molar-refractivity contribution is 0.627. The van der Waals surface area contributed by atoms with Crippen molar-refractivity contribution in [3.63, 3.8) is 0 Å². The Kier molecular flexibility index (Phi) is 4.87. The Hall–Kier alpha value is -4.46. The molecule has 0 radical (unpaired) electrons. The summed E-state index contributed by atoms with van der Waals surface area (Å²) in [5.74, 6) is 0.287. The number of rotatable bonds is 5. The van der Waals surface area contributed by atoms with E-state index < -0.39 is 0 Å². The molecule has 0 spiro atoms. The number of hydrogen-bond acceptors (Lipinski definition) is 5. The van der Waals surface area contributed by atoms with Crippen molar-refractivity contribution in [1.29, 1.82) is 0 Å². The molecule has 156 valence electrons. The summed E-state index contributed by atoms with van der Waals surface area (Å²) >= 11 is 0. The number of allylic oxidation sites excluding steroid dienone is 2. The van der Waals surface area contributed by atoms with E-state index in [1.807, 2.05) is 25.1 Å². The van der Waals surface area contributed by atoms with Gasteiger partial charge in [-0.1, -0.05) is 30.9 Å². The lowest BCUT2D eigenvalue weighted by atomic mass is 10.0. The Morgan fingerprint density at radius 2 is 1.81 bits per heavy atom. The third kappa shape index (κ3) is 3.47. The Morgan fingerprint density at radius 3 is 2.56 bits per heavy atom. The van der Waals surface area contributed by atoms with Gasteiger partial charge in [-0.25, -0.2) is 24.3 Å². The van der Waals surface area contributed by atoms with E-state index >= 15 is 0 Å². The predicted molar refractivity (Wildman–Crippen MR) is 121 cm³/mol. The highest BCUT2D eigenvalue weighted by atomic mass is 19.1. The molecule has 0 unspecified atom stereocenters. The zero-order valence-corrected chi connectivity index (χ0v) is 17.2. The molecule has 5 rings (SSSR count). The third-order valence-electron chi connectivity index (χ3n) is 5.07. The number of imidazole rings is 1. The largest absolute Gasteiger partial charge is 0.340 e. The zero-order chi connectivity index (χ0) is 22.1. The molecule has 0 aliphatic rings. The van der Waals surface area contributed by atoms with Gasteiger partial charge in [0.15, 0.2) is 11.5 Å². The summed E-state index contributed by atoms with van der Waals surface area (Å²) in [5.41, 5.74) is 6.87. The van der Waals surface area contributed by atoms with Gasteiger partial charge in [-0.15, -0.1) is 0 Å². The van der Waals surface area contributed by atoms with Crippen LogP contribution < -0.4 is 0 Å². The summed E-state index contributed by atoms with van der Waals surface area (Å²) in [5, 5.41) is 7.45. The van der Waals surface area contributed by atoms with Gasteiger partial charge in [0, 0.05) is 29.2 Å². The van der Waals surface area contributed by atoms with Crippen LogP contribution in [-0.4, -0.2) is 35.1 Å². The van der Waals surface area contributed by atoms with E-state index in [2.05, 4.69) is 31.7 Å². The molecule has 5 aromatic rings. The van der Waals surface area contributed by atoms with Crippen LogP contribution in [0.2, 0.25) is 0 Å². The summed E-state index contributed by atoms with van der Waals surface area (Å²) < 4.78 is 13.4. The molecule has 4 aromatic heterocycles. The molecule has 0 amide bonds. The van der Waals surface area contributed by atoms with Crippen molar-refractivity contribution in [3.8, 4) is 22.8 Å². The number of halogens is 1. The van der Waals surface area contributed by atoms with Gasteiger partial charge in [0.2, 0.25) is 0 Å². The van der Waals surface area contributed by atoms with Gasteiger partial charge < -0.3 is 4.98 Å². The van der Waals surface area contributed by atoms with Crippen LogP contribution >= 0.6 is 0 Å². The van der Waals surface area contributed by atoms with Crippen LogP contribution in [0.4, 0.5) is 4.39 Å². The quantitative estimate of drug-likeness (QED) is 0.393. The molecule has 1 aromatic carbocycles. The normalized spacial score (nSPS) is 11.8. The van der Waals surface area contributed by atoms with Gasteiger partial charge in [-0.3, -0.25) is 5.10 Å². The van der Waals surface area contributed by atoms with E-state index in [4.69, 9.17) is 9.97 Å². The summed E-state index contributed by atoms with van der Waals surface area (Å²) in [6.45, 7) is 5.74. The fourth-order valence-corrected chi connectivity index (χ4v) is 3.55. The second-order valence-electron chi connectivity index (χ2n) is 7.17. The van der Waals surface area contributed by atoms with Crippen molar-refractivity contribution in [1.82, 2.24) is 35.1 Å². The van der Waals surface area contributed by atoms with Crippen LogP contribution in [0.1, 0.15) is 17.0 Å². The minimum atomic E-state index is -0.292. The summed E-state index contributed by atoms with van der Waals surface area (Å²) in [6, 6.07) is 10.1. The molecule has 4 heterocycles. The Morgan fingerprint density at radius 1 is 1.03 bits per heavy atom. The highest BCUT2D eigenvalue weighted by molar-refractivity contribution is 5.90. The summed E-state index contributed by atoms with van der Waals surface area (Å²) in [4.78, 5) is 21.0. The van der Waals surface area contributed by atoms with E-state index in [-0.39, 0.29) is 5.82 Å². The summed E-state index contributed by atoms with van der Waals surface area (Å²) in [7, 11) is 0. The van der Waals surface area contributed by atoms with E-state index in [1.54, 1.807) is 30.6 Å². The topological polar surface area (TPSA) is 96.0 Å². The SMILES string of the molecule is C=C/C=C(/c1ccc(F)cc1)c1nc(-c2n[nH]c3ccc(-c4cncnc4)nc23)[nH]c1C. The number of fused-ring (bicyclic) bond motifs is 1. The molecule has 0 saturated carbocycles. The Labute approximate surface area is 182 Å². The van der Waals surface area contributed by atoms with Gasteiger partial charge in [0.25, 0.3) is 0 Å².